The van der Waals surface area contributed by atoms with Gasteiger partial charge in [-0.1, -0.05) is 12.1 Å². The summed E-state index contributed by atoms with van der Waals surface area (Å²) in [5, 5.41) is 16.1. The number of rotatable bonds is 5. The molecule has 1 N–H and O–H groups in total. The van der Waals surface area contributed by atoms with Crippen LogP contribution < -0.4 is 15.0 Å². The summed E-state index contributed by atoms with van der Waals surface area (Å²) < 4.78 is 32.4. The van der Waals surface area contributed by atoms with Crippen LogP contribution in [0.2, 0.25) is 0 Å². The molecule has 8 nitrogen and oxygen atoms in total. The van der Waals surface area contributed by atoms with E-state index in [-0.39, 0.29) is 35.0 Å². The molecular weight excluding hydrogens is 432 g/mol. The first-order valence-corrected chi connectivity index (χ1v) is 10.0. The number of carbonyl (C=O) groups excluding carboxylic acids is 2. The Kier molecular flexibility index (Phi) is 5.79. The fourth-order valence-electron chi connectivity index (χ4n) is 3.72. The van der Waals surface area contributed by atoms with E-state index in [1.807, 2.05) is 13.0 Å². The van der Waals surface area contributed by atoms with Crippen molar-refractivity contribution in [2.75, 3.05) is 23.9 Å². The number of amides is 2. The number of nitrogens with one attached hydrogen (secondary N) is 1. The summed E-state index contributed by atoms with van der Waals surface area (Å²) in [7, 11) is 1.44. The highest BCUT2D eigenvalue weighted by atomic mass is 19.3. The number of fused-ring (bicyclic) bond motifs is 1. The molecule has 168 valence electrons. The molecule has 2 heterocycles. The van der Waals surface area contributed by atoms with Crippen LogP contribution in [0, 0.1) is 11.3 Å². The van der Waals surface area contributed by atoms with Gasteiger partial charge in [-0.05, 0) is 37.3 Å². The van der Waals surface area contributed by atoms with Crippen LogP contribution in [0.3, 0.4) is 0 Å². The molecule has 0 aliphatic carbocycles. The SMILES string of the molecule is COc1ccc(NC(=O)c2cnn3c2C(=O)N(c2ccc(C(F)F)cc2)C[C@@H]3C)cc1C#N. The number of hydrogen-bond acceptors (Lipinski definition) is 5. The summed E-state index contributed by atoms with van der Waals surface area (Å²) in [5.74, 6) is -0.662. The number of carbonyl (C=O) groups is 2. The molecule has 4 rings (SSSR count). The number of aromatic nitrogens is 2. The van der Waals surface area contributed by atoms with Gasteiger partial charge in [0.1, 0.15) is 17.5 Å². The minimum absolute atomic E-state index is 0.0649. The maximum Gasteiger partial charge on any atom is 0.277 e. The lowest BCUT2D eigenvalue weighted by molar-refractivity contribution is 0.0939. The highest BCUT2D eigenvalue weighted by Crippen LogP contribution is 2.30. The lowest BCUT2D eigenvalue weighted by atomic mass is 10.1. The maximum absolute atomic E-state index is 13.3. The van der Waals surface area contributed by atoms with Gasteiger partial charge in [-0.25, -0.2) is 8.78 Å². The van der Waals surface area contributed by atoms with Crippen molar-refractivity contribution in [1.29, 1.82) is 5.26 Å². The third-order valence-electron chi connectivity index (χ3n) is 5.39. The first-order valence-electron chi connectivity index (χ1n) is 10.0. The van der Waals surface area contributed by atoms with Crippen LogP contribution in [0.25, 0.3) is 0 Å². The molecule has 0 saturated heterocycles. The van der Waals surface area contributed by atoms with Crippen molar-refractivity contribution in [2.24, 2.45) is 0 Å². The Hall–Kier alpha value is -4.26. The van der Waals surface area contributed by atoms with Gasteiger partial charge in [-0.3, -0.25) is 14.3 Å². The number of nitriles is 1. The minimum atomic E-state index is -2.61. The average molecular weight is 451 g/mol. The minimum Gasteiger partial charge on any atom is -0.495 e. The first-order chi connectivity index (χ1) is 15.8. The standard InChI is InChI=1S/C23H19F2N5O3/c1-13-12-29(17-6-3-14(4-7-17)21(24)25)23(32)20-18(11-27-30(13)20)22(31)28-16-5-8-19(33-2)15(9-16)10-26/h3-9,11,13,21H,12H2,1-2H3,(H,28,31)/t13-/m0/s1. The molecule has 0 unspecified atom stereocenters. The van der Waals surface area contributed by atoms with E-state index in [4.69, 9.17) is 4.74 Å². The van der Waals surface area contributed by atoms with Crippen molar-refractivity contribution in [3.05, 3.63) is 71.0 Å². The number of hydrogen-bond donors (Lipinski definition) is 1. The van der Waals surface area contributed by atoms with Crippen molar-refractivity contribution < 1.29 is 23.1 Å². The van der Waals surface area contributed by atoms with Crippen molar-refractivity contribution in [1.82, 2.24) is 9.78 Å². The molecule has 0 fully saturated rings. The Morgan fingerprint density at radius 2 is 2.00 bits per heavy atom. The molecule has 2 aromatic carbocycles. The number of benzene rings is 2. The van der Waals surface area contributed by atoms with Crippen LogP contribution in [0.1, 0.15) is 51.4 Å². The maximum atomic E-state index is 13.3. The van der Waals surface area contributed by atoms with E-state index in [9.17, 15) is 23.6 Å². The molecule has 1 aliphatic rings. The number of nitrogens with zero attached hydrogens (tertiary/aromatic N) is 4. The van der Waals surface area contributed by atoms with Crippen LogP contribution in [0.15, 0.2) is 48.7 Å². The molecule has 2 amide bonds. The quantitative estimate of drug-likeness (QED) is 0.628. The predicted octanol–water partition coefficient (Wildman–Crippen LogP) is 4.17. The Morgan fingerprint density at radius 3 is 2.64 bits per heavy atom. The first kappa shape index (κ1) is 22.0. The van der Waals surface area contributed by atoms with Crippen LogP contribution >= 0.6 is 0 Å². The molecule has 1 aromatic heterocycles. The number of ether oxygens (including phenoxy) is 1. The zero-order valence-corrected chi connectivity index (χ0v) is 17.8. The number of anilines is 2. The number of alkyl halides is 2. The normalized spacial score (nSPS) is 15.2. The molecular formula is C23H19F2N5O3. The summed E-state index contributed by atoms with van der Waals surface area (Å²) in [5.41, 5.74) is 1.07. The molecule has 33 heavy (non-hydrogen) atoms. The van der Waals surface area contributed by atoms with Gasteiger partial charge < -0.3 is 15.0 Å². The van der Waals surface area contributed by atoms with Crippen LogP contribution in [-0.2, 0) is 0 Å². The van der Waals surface area contributed by atoms with Crippen LogP contribution in [0.4, 0.5) is 20.2 Å². The lowest BCUT2D eigenvalue weighted by Gasteiger charge is -2.32. The molecule has 0 spiro atoms. The van der Waals surface area contributed by atoms with Crippen molar-refractivity contribution >= 4 is 23.2 Å². The van der Waals surface area contributed by atoms with E-state index < -0.39 is 18.2 Å². The fraction of sp³-hybridized carbons (Fsp3) is 0.217. The van der Waals surface area contributed by atoms with E-state index in [0.29, 0.717) is 17.1 Å². The summed E-state index contributed by atoms with van der Waals surface area (Å²) in [6.07, 6.45) is -1.29. The van der Waals surface area contributed by atoms with Crippen molar-refractivity contribution in [3.63, 3.8) is 0 Å². The second-order valence-electron chi connectivity index (χ2n) is 7.49. The monoisotopic (exact) mass is 451 g/mol. The van der Waals surface area contributed by atoms with Gasteiger partial charge in [0, 0.05) is 23.5 Å². The summed E-state index contributed by atoms with van der Waals surface area (Å²) in [6.45, 7) is 2.11. The smallest absolute Gasteiger partial charge is 0.277 e. The highest BCUT2D eigenvalue weighted by Gasteiger charge is 2.35. The van der Waals surface area contributed by atoms with Gasteiger partial charge in [0.25, 0.3) is 18.2 Å². The average Bonchev–Trinajstić information content (AvgIpc) is 3.28. The number of halogens is 2. The summed E-state index contributed by atoms with van der Waals surface area (Å²) >= 11 is 0. The molecule has 10 heteroatoms. The topological polar surface area (TPSA) is 100 Å². The van der Waals surface area contributed by atoms with Gasteiger partial charge in [0.05, 0.1) is 30.5 Å². The third kappa shape index (κ3) is 4.01. The molecule has 1 atom stereocenters. The summed E-state index contributed by atoms with van der Waals surface area (Å²) in [4.78, 5) is 27.7. The highest BCUT2D eigenvalue weighted by molar-refractivity contribution is 6.15. The van der Waals surface area contributed by atoms with Gasteiger partial charge in [-0.2, -0.15) is 10.4 Å². The molecule has 1 aliphatic heterocycles. The van der Waals surface area contributed by atoms with Crippen molar-refractivity contribution in [3.8, 4) is 11.8 Å². The van der Waals surface area contributed by atoms with E-state index >= 15 is 0 Å². The Morgan fingerprint density at radius 1 is 1.27 bits per heavy atom. The second kappa shape index (κ2) is 8.70. The molecule has 0 radical (unpaired) electrons. The van der Waals surface area contributed by atoms with Crippen LogP contribution in [-0.4, -0.2) is 35.2 Å². The molecule has 0 bridgehead atoms. The number of methoxy groups -OCH3 is 1. The Bertz CT molecular complexity index is 1260. The van der Waals surface area contributed by atoms with Gasteiger partial charge in [0.2, 0.25) is 0 Å². The predicted molar refractivity (Wildman–Crippen MR) is 116 cm³/mol. The van der Waals surface area contributed by atoms with E-state index in [1.54, 1.807) is 12.1 Å². The van der Waals surface area contributed by atoms with E-state index in [0.717, 1.165) is 0 Å². The third-order valence-corrected chi connectivity index (χ3v) is 5.39. The van der Waals surface area contributed by atoms with Gasteiger partial charge in [0.15, 0.2) is 0 Å². The van der Waals surface area contributed by atoms with Gasteiger partial charge >= 0.3 is 0 Å². The second-order valence-corrected chi connectivity index (χ2v) is 7.49. The molecule has 3 aromatic rings. The van der Waals surface area contributed by atoms with E-state index in [1.165, 1.54) is 53.2 Å². The largest absolute Gasteiger partial charge is 0.495 e. The lowest BCUT2D eigenvalue weighted by Crippen LogP contribution is -2.43. The Balaban J connectivity index is 1.63. The molecule has 0 saturated carbocycles. The summed E-state index contributed by atoms with van der Waals surface area (Å²) in [6, 6.07) is 11.8. The van der Waals surface area contributed by atoms with Gasteiger partial charge in [-0.15, -0.1) is 0 Å². The van der Waals surface area contributed by atoms with Crippen LogP contribution in [0.5, 0.6) is 5.75 Å². The zero-order valence-electron chi connectivity index (χ0n) is 17.8. The zero-order chi connectivity index (χ0) is 23.7. The van der Waals surface area contributed by atoms with Crippen molar-refractivity contribution in [2.45, 2.75) is 19.4 Å². The van der Waals surface area contributed by atoms with E-state index in [2.05, 4.69) is 10.4 Å². The fourth-order valence-corrected chi connectivity index (χ4v) is 3.72. The Labute approximate surface area is 188 Å².